The van der Waals surface area contributed by atoms with Crippen LogP contribution in [0.25, 0.3) is 0 Å². The fourth-order valence-corrected chi connectivity index (χ4v) is 4.52. The van der Waals surface area contributed by atoms with E-state index in [1.807, 2.05) is 19.0 Å². The molecule has 138 valence electrons. The van der Waals surface area contributed by atoms with Crippen LogP contribution >= 0.6 is 0 Å². The summed E-state index contributed by atoms with van der Waals surface area (Å²) in [5.74, 6) is 0.928. The molecule has 0 radical (unpaired) electrons. The van der Waals surface area contributed by atoms with Gasteiger partial charge in [-0.05, 0) is 19.3 Å². The molecule has 7 nitrogen and oxygen atoms in total. The lowest BCUT2D eigenvalue weighted by molar-refractivity contribution is -0.908. The first-order valence-corrected chi connectivity index (χ1v) is 9.24. The van der Waals surface area contributed by atoms with Crippen molar-refractivity contribution in [2.24, 2.45) is 5.41 Å². The number of likely N-dealkylation sites (tertiary alicyclic amines) is 1. The second-order valence-corrected chi connectivity index (χ2v) is 7.75. The van der Waals surface area contributed by atoms with Crippen LogP contribution in [0.1, 0.15) is 32.6 Å². The maximum absolute atomic E-state index is 11.6. The van der Waals surface area contributed by atoms with Crippen molar-refractivity contribution in [2.75, 3.05) is 50.1 Å². The molecule has 1 unspecified atom stereocenters. The topological polar surface area (TPSA) is 76.8 Å². The molecule has 0 bridgehead atoms. The van der Waals surface area contributed by atoms with Gasteiger partial charge in [0, 0.05) is 51.4 Å². The van der Waals surface area contributed by atoms with E-state index < -0.39 is 5.97 Å². The lowest BCUT2D eigenvalue weighted by Gasteiger charge is -2.39. The van der Waals surface area contributed by atoms with E-state index in [2.05, 4.69) is 21.8 Å². The number of hydrogen-bond donors (Lipinski definition) is 1. The smallest absolute Gasteiger partial charge is 0.171 e. The number of aliphatic carboxylic acids is 1. The highest BCUT2D eigenvalue weighted by Crippen LogP contribution is 2.39. The van der Waals surface area contributed by atoms with Gasteiger partial charge in [-0.1, -0.05) is 6.92 Å². The summed E-state index contributed by atoms with van der Waals surface area (Å²) in [6, 6.07) is -0.347. The van der Waals surface area contributed by atoms with E-state index in [4.69, 9.17) is 0 Å². The first-order valence-electron chi connectivity index (χ1n) is 9.24. The lowest BCUT2D eigenvalue weighted by Crippen LogP contribution is -3.15. The quantitative estimate of drug-likeness (QED) is 0.732. The van der Waals surface area contributed by atoms with Crippen molar-refractivity contribution in [3.8, 4) is 0 Å². The minimum Gasteiger partial charge on any atom is -0.544 e. The van der Waals surface area contributed by atoms with E-state index in [9.17, 15) is 9.90 Å². The van der Waals surface area contributed by atoms with Crippen molar-refractivity contribution >= 4 is 17.6 Å². The molecule has 25 heavy (non-hydrogen) atoms. The Morgan fingerprint density at radius 2 is 2.04 bits per heavy atom. The number of aromatic nitrogens is 2. The molecule has 1 aromatic rings. The van der Waals surface area contributed by atoms with Crippen LogP contribution in [0.2, 0.25) is 0 Å². The fourth-order valence-electron chi connectivity index (χ4n) is 4.52. The molecule has 0 aliphatic carbocycles. The summed E-state index contributed by atoms with van der Waals surface area (Å²) >= 11 is 0. The molecule has 2 atom stereocenters. The normalized spacial score (nSPS) is 25.3. The summed E-state index contributed by atoms with van der Waals surface area (Å²) in [7, 11) is 3.96. The Kier molecular flexibility index (Phi) is 5.13. The van der Waals surface area contributed by atoms with Gasteiger partial charge < -0.3 is 24.6 Å². The Bertz CT molecular complexity index is 613. The van der Waals surface area contributed by atoms with Gasteiger partial charge in [0.05, 0.1) is 19.1 Å². The third kappa shape index (κ3) is 3.56. The summed E-state index contributed by atoms with van der Waals surface area (Å²) in [6.45, 7) is 5.79. The number of piperidine rings is 1. The molecule has 3 heterocycles. The van der Waals surface area contributed by atoms with E-state index in [0.29, 0.717) is 0 Å². The number of rotatable bonds is 5. The van der Waals surface area contributed by atoms with Crippen molar-refractivity contribution in [1.29, 1.82) is 0 Å². The molecule has 0 aromatic carbocycles. The molecule has 1 N–H and O–H groups in total. The Hall–Kier alpha value is -1.89. The van der Waals surface area contributed by atoms with Gasteiger partial charge in [-0.2, -0.15) is 0 Å². The minimum absolute atomic E-state index is 0.131. The number of quaternary nitrogens is 1. The van der Waals surface area contributed by atoms with Crippen molar-refractivity contribution in [1.82, 2.24) is 9.97 Å². The number of carbonyl (C=O) groups is 1. The van der Waals surface area contributed by atoms with Crippen LogP contribution in [0.5, 0.6) is 0 Å². The van der Waals surface area contributed by atoms with Crippen molar-refractivity contribution in [3.05, 3.63) is 12.4 Å². The zero-order valence-electron chi connectivity index (χ0n) is 15.5. The van der Waals surface area contributed by atoms with Crippen LogP contribution in [0.4, 0.5) is 11.6 Å². The van der Waals surface area contributed by atoms with E-state index in [1.165, 1.54) is 4.90 Å². The van der Waals surface area contributed by atoms with Gasteiger partial charge in [-0.25, -0.2) is 9.97 Å². The number of carbonyl (C=O) groups excluding carboxylic acids is 1. The van der Waals surface area contributed by atoms with Gasteiger partial charge in [0.15, 0.2) is 11.6 Å². The monoisotopic (exact) mass is 347 g/mol. The van der Waals surface area contributed by atoms with Crippen LogP contribution in [0.15, 0.2) is 12.4 Å². The molecule has 2 aliphatic rings. The third-order valence-corrected chi connectivity index (χ3v) is 5.80. The predicted molar refractivity (Wildman–Crippen MR) is 94.6 cm³/mol. The van der Waals surface area contributed by atoms with Gasteiger partial charge >= 0.3 is 0 Å². The predicted octanol–water partition coefficient (Wildman–Crippen LogP) is -1.05. The number of carboxylic acid groups (broad SMARTS) is 1. The molecule has 2 saturated heterocycles. The first-order chi connectivity index (χ1) is 12.0. The second kappa shape index (κ2) is 7.15. The summed E-state index contributed by atoms with van der Waals surface area (Å²) in [5, 5.41) is 11.6. The fraction of sp³-hybridized carbons (Fsp3) is 0.722. The highest BCUT2D eigenvalue weighted by molar-refractivity contribution is 5.70. The van der Waals surface area contributed by atoms with Crippen molar-refractivity contribution in [2.45, 2.75) is 38.6 Å². The molecule has 1 spiro atoms. The van der Waals surface area contributed by atoms with Crippen LogP contribution in [-0.4, -0.2) is 62.3 Å². The van der Waals surface area contributed by atoms with Gasteiger partial charge in [-0.3, -0.25) is 0 Å². The SMILES string of the molecule is CCC[NH+]1CC2(CCN(c3nccnc3N(C)C)CC2)C[C@H]1C(=O)[O-]. The molecule has 3 rings (SSSR count). The largest absolute Gasteiger partial charge is 0.544 e. The number of carboxylic acids is 1. The number of anilines is 2. The highest BCUT2D eigenvalue weighted by Gasteiger charge is 2.49. The zero-order chi connectivity index (χ0) is 18.0. The van der Waals surface area contributed by atoms with E-state index in [-0.39, 0.29) is 11.5 Å². The van der Waals surface area contributed by atoms with E-state index in [0.717, 1.165) is 63.5 Å². The number of nitrogens with zero attached hydrogens (tertiary/aromatic N) is 4. The average molecular weight is 347 g/mol. The third-order valence-electron chi connectivity index (χ3n) is 5.80. The van der Waals surface area contributed by atoms with E-state index >= 15 is 0 Å². The molecule has 0 saturated carbocycles. The van der Waals surface area contributed by atoms with Crippen LogP contribution < -0.4 is 19.8 Å². The molecule has 2 fully saturated rings. The Balaban J connectivity index is 1.71. The van der Waals surface area contributed by atoms with Crippen LogP contribution in [-0.2, 0) is 4.79 Å². The highest BCUT2D eigenvalue weighted by atomic mass is 16.4. The Labute approximate surface area is 149 Å². The molecule has 2 aliphatic heterocycles. The summed E-state index contributed by atoms with van der Waals surface area (Å²) in [5.41, 5.74) is 0.131. The molecule has 7 heteroatoms. The van der Waals surface area contributed by atoms with Gasteiger partial charge in [0.25, 0.3) is 0 Å². The number of nitrogens with one attached hydrogen (secondary N) is 1. The van der Waals surface area contributed by atoms with Crippen LogP contribution in [0.3, 0.4) is 0 Å². The molecule has 1 aromatic heterocycles. The van der Waals surface area contributed by atoms with E-state index in [1.54, 1.807) is 12.4 Å². The maximum Gasteiger partial charge on any atom is 0.171 e. The Morgan fingerprint density at radius 3 is 2.64 bits per heavy atom. The first kappa shape index (κ1) is 17.9. The summed E-state index contributed by atoms with van der Waals surface area (Å²) in [4.78, 5) is 26.0. The second-order valence-electron chi connectivity index (χ2n) is 7.75. The van der Waals surface area contributed by atoms with Crippen molar-refractivity contribution in [3.63, 3.8) is 0 Å². The molecular formula is C18H29N5O2. The maximum atomic E-state index is 11.6. The van der Waals surface area contributed by atoms with Gasteiger partial charge in [0.2, 0.25) is 0 Å². The van der Waals surface area contributed by atoms with Crippen molar-refractivity contribution < 1.29 is 14.8 Å². The van der Waals surface area contributed by atoms with Crippen LogP contribution in [0, 0.1) is 5.41 Å². The Morgan fingerprint density at radius 1 is 1.36 bits per heavy atom. The summed E-state index contributed by atoms with van der Waals surface area (Å²) < 4.78 is 0. The van der Waals surface area contributed by atoms with Gasteiger partial charge in [-0.15, -0.1) is 0 Å². The summed E-state index contributed by atoms with van der Waals surface area (Å²) in [6.07, 6.45) is 7.23. The molecule has 0 amide bonds. The standard InChI is InChI=1S/C18H29N5O2/c1-4-9-23-13-18(12-14(23)17(24)25)5-10-22(11-6-18)16-15(21(2)3)19-7-8-20-16/h7-8,14H,4-6,9-13H2,1-3H3,(H,24,25)/t14-/m0/s1. The zero-order valence-corrected chi connectivity index (χ0v) is 15.5. The molecular weight excluding hydrogens is 318 g/mol. The lowest BCUT2D eigenvalue weighted by atomic mass is 9.76. The van der Waals surface area contributed by atoms with Gasteiger partial charge in [0.1, 0.15) is 6.04 Å². The average Bonchev–Trinajstić information content (AvgIpc) is 2.94. The number of hydrogen-bond acceptors (Lipinski definition) is 6. The minimum atomic E-state index is -0.883.